The molecule has 1 atom stereocenters. The second-order valence-electron chi connectivity index (χ2n) is 1.52. The van der Waals surface area contributed by atoms with E-state index in [1.54, 1.807) is 0 Å². The molecule has 0 aromatic carbocycles. The van der Waals surface area contributed by atoms with Gasteiger partial charge in [-0.2, -0.15) is 0 Å². The summed E-state index contributed by atoms with van der Waals surface area (Å²) in [5.74, 6) is 0.255. The molecule has 0 aliphatic heterocycles. The van der Waals surface area contributed by atoms with Crippen LogP contribution in [0.4, 0.5) is 0 Å². The average molecular weight is 137 g/mol. The second-order valence-corrected chi connectivity index (χ2v) is 1.52. The van der Waals surface area contributed by atoms with E-state index in [2.05, 4.69) is 11.6 Å². The molecule has 0 aliphatic rings. The zero-order valence-corrected chi connectivity index (χ0v) is 6.40. The van der Waals surface area contributed by atoms with Crippen LogP contribution < -0.4 is 0 Å². The SMILES string of the molecule is CCC(C)C=O.CCl. The highest BCUT2D eigenvalue weighted by molar-refractivity contribution is 6.15. The molecule has 0 N–H and O–H groups in total. The number of aldehydes is 1. The van der Waals surface area contributed by atoms with E-state index in [4.69, 9.17) is 0 Å². The van der Waals surface area contributed by atoms with Crippen molar-refractivity contribution in [3.8, 4) is 0 Å². The van der Waals surface area contributed by atoms with Crippen LogP contribution in [0.2, 0.25) is 0 Å². The molecule has 2 heteroatoms. The van der Waals surface area contributed by atoms with Gasteiger partial charge in [0.05, 0.1) is 0 Å². The average Bonchev–Trinajstić information content (AvgIpc) is 1.91. The van der Waals surface area contributed by atoms with E-state index >= 15 is 0 Å². The monoisotopic (exact) mass is 136 g/mol. The highest BCUT2D eigenvalue weighted by Crippen LogP contribution is 1.91. The zero-order chi connectivity index (χ0) is 6.99. The zero-order valence-electron chi connectivity index (χ0n) is 5.65. The van der Waals surface area contributed by atoms with Gasteiger partial charge in [0, 0.05) is 12.3 Å². The van der Waals surface area contributed by atoms with Crippen LogP contribution in [-0.4, -0.2) is 12.7 Å². The Morgan fingerprint density at radius 3 is 2.00 bits per heavy atom. The molecule has 0 fully saturated rings. The number of hydrogen-bond donors (Lipinski definition) is 0. The van der Waals surface area contributed by atoms with E-state index < -0.39 is 0 Å². The second kappa shape index (κ2) is 10.0. The third-order valence-electron chi connectivity index (χ3n) is 0.876. The lowest BCUT2D eigenvalue weighted by atomic mass is 10.2. The largest absolute Gasteiger partial charge is 0.303 e. The molecule has 0 saturated heterocycles. The minimum absolute atomic E-state index is 0.255. The van der Waals surface area contributed by atoms with Crippen LogP contribution in [0.1, 0.15) is 20.3 Å². The van der Waals surface area contributed by atoms with Crippen LogP contribution in [0.3, 0.4) is 0 Å². The molecule has 1 unspecified atom stereocenters. The Morgan fingerprint density at radius 1 is 1.62 bits per heavy atom. The molecule has 0 bridgehead atoms. The standard InChI is InChI=1S/C5H10O.CH3Cl/c1-3-5(2)4-6;1-2/h4-5H,3H2,1-2H3;1H3. The first-order valence-electron chi connectivity index (χ1n) is 2.64. The maximum Gasteiger partial charge on any atom is 0.122 e. The fourth-order valence-electron chi connectivity index (χ4n) is 0.0962. The van der Waals surface area contributed by atoms with Crippen molar-refractivity contribution in [2.45, 2.75) is 20.3 Å². The van der Waals surface area contributed by atoms with E-state index in [0.717, 1.165) is 12.7 Å². The summed E-state index contributed by atoms with van der Waals surface area (Å²) in [4.78, 5) is 9.74. The van der Waals surface area contributed by atoms with E-state index in [9.17, 15) is 4.79 Å². The van der Waals surface area contributed by atoms with Crippen molar-refractivity contribution in [2.24, 2.45) is 5.92 Å². The Hall–Kier alpha value is -0.0400. The van der Waals surface area contributed by atoms with Gasteiger partial charge in [0.15, 0.2) is 0 Å². The molecule has 0 aromatic rings. The summed E-state index contributed by atoms with van der Waals surface area (Å²) in [7, 11) is 0. The molecule has 8 heavy (non-hydrogen) atoms. The summed E-state index contributed by atoms with van der Waals surface area (Å²) in [5.41, 5.74) is 0. The maximum absolute atomic E-state index is 9.74. The molecule has 0 spiro atoms. The van der Waals surface area contributed by atoms with E-state index in [1.807, 2.05) is 13.8 Å². The molecule has 0 radical (unpaired) electrons. The molecule has 0 saturated carbocycles. The van der Waals surface area contributed by atoms with Crippen molar-refractivity contribution in [1.29, 1.82) is 0 Å². The highest BCUT2D eigenvalue weighted by atomic mass is 35.5. The predicted octanol–water partition coefficient (Wildman–Crippen LogP) is 2.09. The van der Waals surface area contributed by atoms with Crippen molar-refractivity contribution >= 4 is 17.9 Å². The summed E-state index contributed by atoms with van der Waals surface area (Å²) in [6, 6.07) is 0. The van der Waals surface area contributed by atoms with Gasteiger partial charge in [-0.15, -0.1) is 11.6 Å². The molecule has 0 rings (SSSR count). The van der Waals surface area contributed by atoms with Gasteiger partial charge >= 0.3 is 0 Å². The van der Waals surface area contributed by atoms with E-state index in [0.29, 0.717) is 0 Å². The van der Waals surface area contributed by atoms with Gasteiger partial charge in [-0.3, -0.25) is 0 Å². The smallest absolute Gasteiger partial charge is 0.122 e. The van der Waals surface area contributed by atoms with Gasteiger partial charge in [0.2, 0.25) is 0 Å². The Bertz CT molecular complexity index is 45.8. The third-order valence-corrected chi connectivity index (χ3v) is 0.876. The fourth-order valence-corrected chi connectivity index (χ4v) is 0.0962. The Morgan fingerprint density at radius 2 is 2.00 bits per heavy atom. The van der Waals surface area contributed by atoms with Gasteiger partial charge in [0.1, 0.15) is 6.29 Å². The molecular weight excluding hydrogens is 124 g/mol. The van der Waals surface area contributed by atoms with E-state index in [-0.39, 0.29) is 5.92 Å². The normalized spacial score (nSPS) is 11.0. The lowest BCUT2D eigenvalue weighted by Crippen LogP contribution is -1.89. The van der Waals surface area contributed by atoms with Gasteiger partial charge < -0.3 is 4.79 Å². The van der Waals surface area contributed by atoms with Crippen LogP contribution >= 0.6 is 11.6 Å². The van der Waals surface area contributed by atoms with Crippen LogP contribution in [-0.2, 0) is 4.79 Å². The first-order valence-corrected chi connectivity index (χ1v) is 3.40. The van der Waals surface area contributed by atoms with Crippen LogP contribution in [0.5, 0.6) is 0 Å². The summed E-state index contributed by atoms with van der Waals surface area (Å²) >= 11 is 4.64. The lowest BCUT2D eigenvalue weighted by molar-refractivity contribution is -0.110. The Kier molecular flexibility index (Phi) is 13.6. The van der Waals surface area contributed by atoms with Crippen molar-refractivity contribution < 1.29 is 4.79 Å². The van der Waals surface area contributed by atoms with Crippen LogP contribution in [0, 0.1) is 5.92 Å². The minimum atomic E-state index is 0.255. The Balaban J connectivity index is 0. The molecular formula is C6H13ClO. The maximum atomic E-state index is 9.74. The van der Waals surface area contributed by atoms with Gasteiger partial charge in [-0.25, -0.2) is 0 Å². The van der Waals surface area contributed by atoms with Crippen molar-refractivity contribution in [2.75, 3.05) is 6.38 Å². The molecule has 0 aromatic heterocycles. The molecule has 0 heterocycles. The summed E-state index contributed by atoms with van der Waals surface area (Å²) in [6.45, 7) is 3.91. The van der Waals surface area contributed by atoms with Crippen LogP contribution in [0.15, 0.2) is 0 Å². The quantitative estimate of drug-likeness (QED) is 0.420. The number of halogens is 1. The number of carbonyl (C=O) groups excluding carboxylic acids is 1. The van der Waals surface area contributed by atoms with E-state index in [1.165, 1.54) is 6.38 Å². The summed E-state index contributed by atoms with van der Waals surface area (Å²) in [6.07, 6.45) is 3.41. The van der Waals surface area contributed by atoms with Gasteiger partial charge in [-0.1, -0.05) is 13.8 Å². The van der Waals surface area contributed by atoms with Crippen molar-refractivity contribution in [3.05, 3.63) is 0 Å². The fraction of sp³-hybridized carbons (Fsp3) is 0.833. The highest BCUT2D eigenvalue weighted by Gasteiger charge is 1.89. The van der Waals surface area contributed by atoms with Gasteiger partial charge in [0.25, 0.3) is 0 Å². The molecule has 50 valence electrons. The predicted molar refractivity (Wildman–Crippen MR) is 37.3 cm³/mol. The lowest BCUT2D eigenvalue weighted by Gasteiger charge is -1.89. The van der Waals surface area contributed by atoms with Crippen LogP contribution in [0.25, 0.3) is 0 Å². The summed E-state index contributed by atoms with van der Waals surface area (Å²) in [5, 5.41) is 0. The Labute approximate surface area is 56.0 Å². The molecule has 1 nitrogen and oxygen atoms in total. The van der Waals surface area contributed by atoms with Gasteiger partial charge in [-0.05, 0) is 6.42 Å². The number of alkyl halides is 1. The minimum Gasteiger partial charge on any atom is -0.303 e. The molecule has 0 aliphatic carbocycles. The third kappa shape index (κ3) is 9.35. The first-order chi connectivity index (χ1) is 3.81. The first kappa shape index (κ1) is 10.9. The number of hydrogen-bond acceptors (Lipinski definition) is 1. The number of rotatable bonds is 2. The summed E-state index contributed by atoms with van der Waals surface area (Å²) < 4.78 is 0. The number of carbonyl (C=O) groups is 1. The van der Waals surface area contributed by atoms with Crippen molar-refractivity contribution in [1.82, 2.24) is 0 Å². The van der Waals surface area contributed by atoms with Crippen molar-refractivity contribution in [3.63, 3.8) is 0 Å². The topological polar surface area (TPSA) is 17.1 Å². The molecule has 0 amide bonds.